The van der Waals surface area contributed by atoms with Gasteiger partial charge in [0.05, 0.1) is 34.4 Å². The van der Waals surface area contributed by atoms with Gasteiger partial charge in [-0.1, -0.05) is 29.3 Å². The molecule has 0 fully saturated rings. The van der Waals surface area contributed by atoms with Gasteiger partial charge >= 0.3 is 5.97 Å². The van der Waals surface area contributed by atoms with Crippen LogP contribution in [0.15, 0.2) is 40.4 Å². The number of carbonyl (C=O) groups is 2. The highest BCUT2D eigenvalue weighted by molar-refractivity contribution is 9.10. The van der Waals surface area contributed by atoms with Gasteiger partial charge in [-0.05, 0) is 51.8 Å². The number of carbonyl (C=O) groups excluding carboxylic acids is 2. The number of hydrogen-bond acceptors (Lipinski definition) is 6. The highest BCUT2D eigenvalue weighted by Gasteiger charge is 2.16. The number of benzene rings is 2. The molecular weight excluding hydrogens is 499 g/mol. The van der Waals surface area contributed by atoms with E-state index in [0.29, 0.717) is 10.0 Å². The average molecular weight is 514 g/mol. The molecule has 30 heavy (non-hydrogen) atoms. The quantitative estimate of drug-likeness (QED) is 0.322. The van der Waals surface area contributed by atoms with Crippen LogP contribution in [-0.2, 0) is 14.3 Å². The van der Waals surface area contributed by atoms with E-state index in [-0.39, 0.29) is 39.4 Å². The topological polar surface area (TPSA) is 97.7 Å². The molecule has 2 rings (SSSR count). The predicted octanol–water partition coefficient (Wildman–Crippen LogP) is 4.86. The van der Waals surface area contributed by atoms with E-state index in [1.165, 1.54) is 20.3 Å². The van der Waals surface area contributed by atoms with E-state index >= 15 is 0 Å². The van der Waals surface area contributed by atoms with Crippen LogP contribution in [-0.4, -0.2) is 32.7 Å². The Balaban J connectivity index is 2.31. The number of amides is 1. The maximum absolute atomic E-state index is 12.5. The molecule has 10 heteroatoms. The van der Waals surface area contributed by atoms with Gasteiger partial charge in [0.2, 0.25) is 0 Å². The third kappa shape index (κ3) is 5.89. The second-order valence-electron chi connectivity index (χ2n) is 5.62. The Morgan fingerprint density at radius 1 is 1.27 bits per heavy atom. The standard InChI is InChI=1S/C20H15BrCl2N2O5/c1-28-16-8-11(7-13(21)19(16)30-10-17(26)29-2)6-12(9-24)20(27)25-15-5-3-4-14(22)18(15)23/h3-8H,10H2,1-2H3,(H,25,27)/b12-6-. The lowest BCUT2D eigenvalue weighted by atomic mass is 10.1. The Bertz CT molecular complexity index is 1050. The second-order valence-corrected chi connectivity index (χ2v) is 7.26. The van der Waals surface area contributed by atoms with E-state index in [4.69, 9.17) is 32.7 Å². The summed E-state index contributed by atoms with van der Waals surface area (Å²) < 4.78 is 15.7. The number of anilines is 1. The number of nitriles is 1. The van der Waals surface area contributed by atoms with Crippen molar-refractivity contribution in [2.24, 2.45) is 0 Å². The highest BCUT2D eigenvalue weighted by atomic mass is 79.9. The molecule has 0 aromatic heterocycles. The molecule has 0 unspecified atom stereocenters. The zero-order valence-electron chi connectivity index (χ0n) is 15.8. The Labute approximate surface area is 191 Å². The fraction of sp³-hybridized carbons (Fsp3) is 0.150. The van der Waals surface area contributed by atoms with Gasteiger partial charge in [-0.2, -0.15) is 5.26 Å². The minimum atomic E-state index is -0.664. The fourth-order valence-corrected chi connectivity index (χ4v) is 3.18. The van der Waals surface area contributed by atoms with Crippen LogP contribution in [0.2, 0.25) is 10.0 Å². The molecule has 1 N–H and O–H groups in total. The normalized spacial score (nSPS) is 10.7. The lowest BCUT2D eigenvalue weighted by molar-refractivity contribution is -0.142. The number of nitrogens with one attached hydrogen (secondary N) is 1. The molecule has 0 bridgehead atoms. The molecule has 0 heterocycles. The van der Waals surface area contributed by atoms with E-state index in [9.17, 15) is 14.9 Å². The van der Waals surface area contributed by atoms with Crippen LogP contribution in [0, 0.1) is 11.3 Å². The number of methoxy groups -OCH3 is 2. The van der Waals surface area contributed by atoms with E-state index in [1.54, 1.807) is 30.3 Å². The maximum atomic E-state index is 12.5. The summed E-state index contributed by atoms with van der Waals surface area (Å²) in [5.41, 5.74) is 0.580. The largest absolute Gasteiger partial charge is 0.493 e. The fourth-order valence-electron chi connectivity index (χ4n) is 2.26. The minimum absolute atomic E-state index is 0.168. The number of rotatable bonds is 7. The number of ether oxygens (including phenoxy) is 3. The van der Waals surface area contributed by atoms with Gasteiger partial charge in [0.25, 0.3) is 5.91 Å². The summed E-state index contributed by atoms with van der Waals surface area (Å²) in [7, 11) is 2.66. The summed E-state index contributed by atoms with van der Waals surface area (Å²) in [5, 5.41) is 12.4. The molecule has 0 atom stereocenters. The van der Waals surface area contributed by atoms with Crippen molar-refractivity contribution >= 4 is 62.8 Å². The maximum Gasteiger partial charge on any atom is 0.343 e. The van der Waals surface area contributed by atoms with Crippen LogP contribution >= 0.6 is 39.1 Å². The molecule has 7 nitrogen and oxygen atoms in total. The van der Waals surface area contributed by atoms with Crippen molar-refractivity contribution in [3.05, 3.63) is 56.0 Å². The first-order valence-corrected chi connectivity index (χ1v) is 9.79. The number of halogens is 3. The van der Waals surface area contributed by atoms with Crippen molar-refractivity contribution in [1.82, 2.24) is 0 Å². The van der Waals surface area contributed by atoms with E-state index in [0.717, 1.165) is 0 Å². The lowest BCUT2D eigenvalue weighted by Gasteiger charge is -2.13. The molecule has 0 aliphatic carbocycles. The summed E-state index contributed by atoms with van der Waals surface area (Å²) in [4.78, 5) is 23.8. The zero-order chi connectivity index (χ0) is 22.3. The molecular formula is C20H15BrCl2N2O5. The summed E-state index contributed by atoms with van der Waals surface area (Å²) in [6, 6.07) is 9.76. The van der Waals surface area contributed by atoms with Gasteiger partial charge < -0.3 is 19.5 Å². The van der Waals surface area contributed by atoms with Gasteiger partial charge in [-0.15, -0.1) is 0 Å². The second kappa shape index (κ2) is 10.9. The van der Waals surface area contributed by atoms with Crippen LogP contribution in [0.1, 0.15) is 5.56 Å². The van der Waals surface area contributed by atoms with Crippen LogP contribution in [0.3, 0.4) is 0 Å². The summed E-state index contributed by atoms with van der Waals surface area (Å²) in [6.45, 7) is -0.313. The molecule has 1 amide bonds. The Hall–Kier alpha value is -2.73. The Morgan fingerprint density at radius 3 is 2.63 bits per heavy atom. The van der Waals surface area contributed by atoms with Crippen molar-refractivity contribution in [1.29, 1.82) is 5.26 Å². The number of hydrogen-bond donors (Lipinski definition) is 1. The predicted molar refractivity (Wildman–Crippen MR) is 117 cm³/mol. The smallest absolute Gasteiger partial charge is 0.343 e. The molecule has 156 valence electrons. The first kappa shape index (κ1) is 23.5. The number of nitrogens with zero attached hydrogens (tertiary/aromatic N) is 1. The summed E-state index contributed by atoms with van der Waals surface area (Å²) in [5.74, 6) is -0.664. The zero-order valence-corrected chi connectivity index (χ0v) is 18.9. The molecule has 0 aliphatic heterocycles. The van der Waals surface area contributed by atoms with Gasteiger partial charge in [-0.3, -0.25) is 4.79 Å². The van der Waals surface area contributed by atoms with Crippen molar-refractivity contribution in [3.8, 4) is 17.6 Å². The Kier molecular flexibility index (Phi) is 8.54. The van der Waals surface area contributed by atoms with Crippen molar-refractivity contribution in [2.75, 3.05) is 26.1 Å². The SMILES string of the molecule is COC(=O)COc1c(Br)cc(/C=C(/C#N)C(=O)Nc2cccc(Cl)c2Cl)cc1OC. The molecule has 0 saturated heterocycles. The molecule has 0 saturated carbocycles. The first-order valence-electron chi connectivity index (χ1n) is 8.25. The van der Waals surface area contributed by atoms with Crippen LogP contribution in [0.4, 0.5) is 5.69 Å². The molecule has 0 radical (unpaired) electrons. The lowest BCUT2D eigenvalue weighted by Crippen LogP contribution is -2.14. The number of esters is 1. The third-order valence-corrected chi connectivity index (χ3v) is 5.10. The van der Waals surface area contributed by atoms with Crippen LogP contribution in [0.25, 0.3) is 6.08 Å². The summed E-state index contributed by atoms with van der Waals surface area (Å²) in [6.07, 6.45) is 1.37. The van der Waals surface area contributed by atoms with Crippen molar-refractivity contribution in [3.63, 3.8) is 0 Å². The van der Waals surface area contributed by atoms with E-state index < -0.39 is 11.9 Å². The van der Waals surface area contributed by atoms with Crippen LogP contribution < -0.4 is 14.8 Å². The Morgan fingerprint density at radius 2 is 2.00 bits per heavy atom. The van der Waals surface area contributed by atoms with Crippen molar-refractivity contribution in [2.45, 2.75) is 0 Å². The third-order valence-electron chi connectivity index (χ3n) is 3.69. The van der Waals surface area contributed by atoms with Crippen molar-refractivity contribution < 1.29 is 23.8 Å². The van der Waals surface area contributed by atoms with Gasteiger partial charge in [0, 0.05) is 0 Å². The summed E-state index contributed by atoms with van der Waals surface area (Å²) >= 11 is 15.3. The van der Waals surface area contributed by atoms with Gasteiger partial charge in [0.15, 0.2) is 18.1 Å². The first-order chi connectivity index (χ1) is 14.3. The van der Waals surface area contributed by atoms with E-state index in [2.05, 4.69) is 26.0 Å². The monoisotopic (exact) mass is 512 g/mol. The molecule has 0 aliphatic rings. The molecule has 2 aromatic carbocycles. The molecule has 2 aromatic rings. The minimum Gasteiger partial charge on any atom is -0.493 e. The molecule has 0 spiro atoms. The van der Waals surface area contributed by atoms with Gasteiger partial charge in [-0.25, -0.2) is 4.79 Å². The van der Waals surface area contributed by atoms with Crippen LogP contribution in [0.5, 0.6) is 11.5 Å². The average Bonchev–Trinajstić information content (AvgIpc) is 2.73. The van der Waals surface area contributed by atoms with Gasteiger partial charge in [0.1, 0.15) is 11.6 Å². The highest BCUT2D eigenvalue weighted by Crippen LogP contribution is 2.37. The van der Waals surface area contributed by atoms with E-state index in [1.807, 2.05) is 6.07 Å².